The van der Waals surface area contributed by atoms with Crippen LogP contribution < -0.4 is 5.32 Å². The summed E-state index contributed by atoms with van der Waals surface area (Å²) in [6.07, 6.45) is 0.0185. The zero-order valence-corrected chi connectivity index (χ0v) is 13.1. The summed E-state index contributed by atoms with van der Waals surface area (Å²) in [6, 6.07) is 9.08. The van der Waals surface area contributed by atoms with Crippen LogP contribution in [-0.4, -0.2) is 54.7 Å². The number of anilines is 1. The largest absolute Gasteiger partial charge is 0.450 e. The van der Waals surface area contributed by atoms with Gasteiger partial charge in [0.1, 0.15) is 0 Å². The second-order valence-corrected chi connectivity index (χ2v) is 5.13. The molecule has 3 amide bonds. The van der Waals surface area contributed by atoms with Crippen molar-refractivity contribution >= 4 is 17.8 Å². The molecule has 7 nitrogen and oxygen atoms in total. The Morgan fingerprint density at radius 3 is 2.35 bits per heavy atom. The monoisotopic (exact) mass is 316 g/mol. The molecule has 0 saturated carbocycles. The molecule has 0 unspecified atom stereocenters. The van der Waals surface area contributed by atoms with Gasteiger partial charge in [-0.05, 0) is 24.6 Å². The predicted octanol–water partition coefficient (Wildman–Crippen LogP) is 2.06. The number of hydrogen-bond donors (Lipinski definition) is 1. The van der Waals surface area contributed by atoms with Crippen LogP contribution in [0.5, 0.6) is 0 Å². The normalized spacial score (nSPS) is 14.1. The zero-order chi connectivity index (χ0) is 16.7. The summed E-state index contributed by atoms with van der Waals surface area (Å²) >= 11 is 0. The first-order valence-electron chi connectivity index (χ1n) is 7.57. The summed E-state index contributed by atoms with van der Waals surface area (Å²) in [4.78, 5) is 27.1. The van der Waals surface area contributed by atoms with E-state index in [-0.39, 0.29) is 12.1 Å². The van der Waals surface area contributed by atoms with Gasteiger partial charge in [0, 0.05) is 31.9 Å². The number of carbonyl (C=O) groups is 2. The molecule has 1 aromatic rings. The van der Waals surface area contributed by atoms with Crippen LogP contribution in [0, 0.1) is 11.3 Å². The van der Waals surface area contributed by atoms with Crippen molar-refractivity contribution in [1.82, 2.24) is 9.80 Å². The van der Waals surface area contributed by atoms with Crippen LogP contribution in [0.15, 0.2) is 24.3 Å². The number of nitrogens with one attached hydrogen (secondary N) is 1. The third-order valence-corrected chi connectivity index (χ3v) is 3.58. The number of ether oxygens (including phenoxy) is 1. The number of nitriles is 1. The molecule has 0 radical (unpaired) electrons. The number of hydrogen-bond acceptors (Lipinski definition) is 4. The van der Waals surface area contributed by atoms with Crippen LogP contribution in [0.25, 0.3) is 0 Å². The van der Waals surface area contributed by atoms with Gasteiger partial charge in [-0.3, -0.25) is 0 Å². The van der Waals surface area contributed by atoms with E-state index in [0.717, 1.165) is 5.56 Å². The molecular weight excluding hydrogens is 296 g/mol. The van der Waals surface area contributed by atoms with Gasteiger partial charge in [0.15, 0.2) is 0 Å². The van der Waals surface area contributed by atoms with E-state index in [0.29, 0.717) is 44.9 Å². The Morgan fingerprint density at radius 2 is 1.78 bits per heavy atom. The van der Waals surface area contributed by atoms with Gasteiger partial charge in [0.25, 0.3) is 0 Å². The minimum Gasteiger partial charge on any atom is -0.450 e. The van der Waals surface area contributed by atoms with Crippen molar-refractivity contribution in [1.29, 1.82) is 5.26 Å². The Hall–Kier alpha value is -2.75. The number of urea groups is 1. The van der Waals surface area contributed by atoms with Gasteiger partial charge in [-0.25, -0.2) is 9.59 Å². The lowest BCUT2D eigenvalue weighted by Crippen LogP contribution is -2.51. The minimum atomic E-state index is -0.333. The Morgan fingerprint density at radius 1 is 1.17 bits per heavy atom. The van der Waals surface area contributed by atoms with E-state index in [9.17, 15) is 9.59 Å². The van der Waals surface area contributed by atoms with E-state index in [1.807, 2.05) is 12.1 Å². The van der Waals surface area contributed by atoms with E-state index in [1.165, 1.54) is 0 Å². The molecule has 2 rings (SSSR count). The van der Waals surface area contributed by atoms with Crippen LogP contribution in [0.4, 0.5) is 15.3 Å². The molecule has 0 bridgehead atoms. The fraction of sp³-hybridized carbons (Fsp3) is 0.438. The molecule has 122 valence electrons. The first kappa shape index (κ1) is 16.6. The zero-order valence-electron chi connectivity index (χ0n) is 13.1. The second-order valence-electron chi connectivity index (χ2n) is 5.13. The highest BCUT2D eigenvalue weighted by atomic mass is 16.6. The van der Waals surface area contributed by atoms with Crippen LogP contribution in [0.2, 0.25) is 0 Å². The molecule has 1 aliphatic heterocycles. The van der Waals surface area contributed by atoms with E-state index in [1.54, 1.807) is 28.9 Å². The standard InChI is InChI=1S/C16H20N4O3/c1-2-23-16(22)20-11-9-19(10-12-20)15(21)18-14-5-3-13(4-6-14)7-8-17/h3-6H,2,7,9-12H2,1H3,(H,18,21). The average molecular weight is 316 g/mol. The van der Waals surface area contributed by atoms with Gasteiger partial charge in [0.05, 0.1) is 19.1 Å². The van der Waals surface area contributed by atoms with Crippen molar-refractivity contribution in [2.45, 2.75) is 13.3 Å². The molecule has 1 saturated heterocycles. The van der Waals surface area contributed by atoms with Gasteiger partial charge in [-0.15, -0.1) is 0 Å². The van der Waals surface area contributed by atoms with Crippen LogP contribution in [-0.2, 0) is 11.2 Å². The van der Waals surface area contributed by atoms with Crippen molar-refractivity contribution in [3.8, 4) is 6.07 Å². The summed E-state index contributed by atoms with van der Waals surface area (Å²) in [5.74, 6) is 0. The summed E-state index contributed by atoms with van der Waals surface area (Å²) in [5, 5.41) is 11.5. The molecule has 1 N–H and O–H groups in total. The van der Waals surface area contributed by atoms with Gasteiger partial charge in [0.2, 0.25) is 0 Å². The number of rotatable bonds is 3. The summed E-state index contributed by atoms with van der Waals surface area (Å²) in [5.41, 5.74) is 1.60. The molecule has 7 heteroatoms. The fourth-order valence-electron chi connectivity index (χ4n) is 2.31. The second kappa shape index (κ2) is 8.03. The number of benzene rings is 1. The molecule has 0 atom stereocenters. The molecule has 0 spiro atoms. The molecule has 0 aliphatic carbocycles. The number of nitrogens with zero attached hydrogens (tertiary/aromatic N) is 3. The van der Waals surface area contributed by atoms with E-state index < -0.39 is 0 Å². The van der Waals surface area contributed by atoms with Crippen molar-refractivity contribution in [3.63, 3.8) is 0 Å². The molecule has 1 fully saturated rings. The van der Waals surface area contributed by atoms with E-state index in [2.05, 4.69) is 11.4 Å². The third kappa shape index (κ3) is 4.61. The molecule has 23 heavy (non-hydrogen) atoms. The highest BCUT2D eigenvalue weighted by Crippen LogP contribution is 2.12. The number of piperazine rings is 1. The van der Waals surface area contributed by atoms with Crippen LogP contribution >= 0.6 is 0 Å². The molecule has 0 aromatic heterocycles. The number of amides is 3. The lowest BCUT2D eigenvalue weighted by molar-refractivity contribution is 0.0868. The van der Waals surface area contributed by atoms with Crippen molar-refractivity contribution < 1.29 is 14.3 Å². The smallest absolute Gasteiger partial charge is 0.409 e. The minimum absolute atomic E-state index is 0.193. The van der Waals surface area contributed by atoms with Crippen LogP contribution in [0.3, 0.4) is 0 Å². The van der Waals surface area contributed by atoms with Crippen LogP contribution in [0.1, 0.15) is 12.5 Å². The molecular formula is C16H20N4O3. The van der Waals surface area contributed by atoms with Gasteiger partial charge < -0.3 is 19.9 Å². The van der Waals surface area contributed by atoms with Crippen molar-refractivity contribution in [2.75, 3.05) is 38.1 Å². The maximum absolute atomic E-state index is 12.2. The fourth-order valence-corrected chi connectivity index (χ4v) is 2.31. The quantitative estimate of drug-likeness (QED) is 0.925. The Labute approximate surface area is 135 Å². The SMILES string of the molecule is CCOC(=O)N1CCN(C(=O)Nc2ccc(CC#N)cc2)CC1. The molecule has 1 heterocycles. The number of carbonyl (C=O) groups excluding carboxylic acids is 2. The van der Waals surface area contributed by atoms with E-state index >= 15 is 0 Å². The first-order chi connectivity index (χ1) is 11.1. The maximum atomic E-state index is 12.2. The third-order valence-electron chi connectivity index (χ3n) is 3.58. The van der Waals surface area contributed by atoms with Gasteiger partial charge in [-0.1, -0.05) is 12.1 Å². The summed E-state index contributed by atoms with van der Waals surface area (Å²) < 4.78 is 4.95. The Bertz CT molecular complexity index is 586. The first-order valence-corrected chi connectivity index (χ1v) is 7.57. The maximum Gasteiger partial charge on any atom is 0.409 e. The summed E-state index contributed by atoms with van der Waals surface area (Å²) in [7, 11) is 0. The molecule has 1 aliphatic rings. The lowest BCUT2D eigenvalue weighted by Gasteiger charge is -2.34. The average Bonchev–Trinajstić information content (AvgIpc) is 2.57. The van der Waals surface area contributed by atoms with Crippen molar-refractivity contribution in [3.05, 3.63) is 29.8 Å². The van der Waals surface area contributed by atoms with E-state index in [4.69, 9.17) is 10.00 Å². The molecule has 1 aromatic carbocycles. The lowest BCUT2D eigenvalue weighted by atomic mass is 10.1. The Kier molecular flexibility index (Phi) is 5.80. The Balaban J connectivity index is 1.83. The highest BCUT2D eigenvalue weighted by molar-refractivity contribution is 5.89. The van der Waals surface area contributed by atoms with Gasteiger partial charge in [-0.2, -0.15) is 5.26 Å². The van der Waals surface area contributed by atoms with Gasteiger partial charge >= 0.3 is 12.1 Å². The summed E-state index contributed by atoms with van der Waals surface area (Å²) in [6.45, 7) is 3.99. The topological polar surface area (TPSA) is 85.7 Å². The van der Waals surface area contributed by atoms with Crippen molar-refractivity contribution in [2.24, 2.45) is 0 Å². The highest BCUT2D eigenvalue weighted by Gasteiger charge is 2.24. The predicted molar refractivity (Wildman–Crippen MR) is 84.9 cm³/mol.